The van der Waals surface area contributed by atoms with Gasteiger partial charge in [-0.25, -0.2) is 0 Å². The number of hydrogen-bond acceptors (Lipinski definition) is 2. The van der Waals surface area contributed by atoms with Crippen LogP contribution in [0.4, 0.5) is 0 Å². The fourth-order valence-corrected chi connectivity index (χ4v) is 3.55. The second-order valence-electron chi connectivity index (χ2n) is 7.17. The van der Waals surface area contributed by atoms with Crippen LogP contribution < -0.4 is 4.80 Å². The van der Waals surface area contributed by atoms with Crippen LogP contribution in [-0.4, -0.2) is 15.0 Å². The van der Waals surface area contributed by atoms with E-state index >= 15 is 0 Å². The minimum Gasteiger partial charge on any atom is -0.0622 e. The molecule has 4 aromatic carbocycles. The molecule has 0 atom stereocenters. The Bertz CT molecular complexity index is 1270. The lowest BCUT2D eigenvalue weighted by atomic mass is 10.0. The molecular formula is C26H21N4+. The summed E-state index contributed by atoms with van der Waals surface area (Å²) in [5, 5.41) is 9.61. The van der Waals surface area contributed by atoms with Crippen molar-refractivity contribution in [2.45, 2.75) is 6.92 Å². The van der Waals surface area contributed by atoms with Crippen molar-refractivity contribution in [1.29, 1.82) is 0 Å². The summed E-state index contributed by atoms with van der Waals surface area (Å²) in [5.41, 5.74) is 6.57. The van der Waals surface area contributed by atoms with Gasteiger partial charge in [0.25, 0.3) is 0 Å². The van der Waals surface area contributed by atoms with E-state index in [1.165, 1.54) is 16.7 Å². The van der Waals surface area contributed by atoms with Gasteiger partial charge < -0.3 is 0 Å². The van der Waals surface area contributed by atoms with Gasteiger partial charge in [-0.3, -0.25) is 0 Å². The van der Waals surface area contributed by atoms with E-state index in [0.29, 0.717) is 5.82 Å². The van der Waals surface area contributed by atoms with E-state index in [4.69, 9.17) is 10.2 Å². The second-order valence-corrected chi connectivity index (χ2v) is 7.17. The van der Waals surface area contributed by atoms with Crippen LogP contribution in [0.15, 0.2) is 109 Å². The molecule has 0 aliphatic carbocycles. The van der Waals surface area contributed by atoms with Crippen LogP contribution in [0.3, 0.4) is 0 Å². The average molecular weight is 389 g/mol. The van der Waals surface area contributed by atoms with Crippen LogP contribution in [0.1, 0.15) is 5.56 Å². The minimum atomic E-state index is 0.683. The summed E-state index contributed by atoms with van der Waals surface area (Å²) in [7, 11) is 0. The SMILES string of the molecule is Cc1ccccc1-c1ccc(-[n+]2nc(-c3ccccc3)nn2-c2ccccc2)cc1. The molecule has 0 N–H and O–H groups in total. The Labute approximate surface area is 175 Å². The van der Waals surface area contributed by atoms with Crippen molar-refractivity contribution >= 4 is 0 Å². The van der Waals surface area contributed by atoms with Gasteiger partial charge in [0.1, 0.15) is 5.69 Å². The maximum atomic E-state index is 4.82. The number of tetrazole rings is 1. The molecule has 0 radical (unpaired) electrons. The Morgan fingerprint density at radius 2 is 1.27 bits per heavy atom. The summed E-state index contributed by atoms with van der Waals surface area (Å²) in [4.78, 5) is 3.68. The molecule has 5 rings (SSSR count). The van der Waals surface area contributed by atoms with Crippen molar-refractivity contribution in [3.8, 4) is 33.9 Å². The highest BCUT2D eigenvalue weighted by Crippen LogP contribution is 2.23. The van der Waals surface area contributed by atoms with Crippen molar-refractivity contribution in [2.24, 2.45) is 0 Å². The van der Waals surface area contributed by atoms with Gasteiger partial charge in [0.2, 0.25) is 0 Å². The van der Waals surface area contributed by atoms with Gasteiger partial charge in [-0.05, 0) is 82.0 Å². The zero-order valence-electron chi connectivity index (χ0n) is 16.7. The summed E-state index contributed by atoms with van der Waals surface area (Å²) < 4.78 is 0. The van der Waals surface area contributed by atoms with Crippen LogP contribution in [0, 0.1) is 6.92 Å². The Balaban J connectivity index is 1.61. The molecule has 0 saturated heterocycles. The smallest absolute Gasteiger partial charge is 0.0622 e. The molecule has 0 saturated carbocycles. The number of aryl methyl sites for hydroxylation is 1. The van der Waals surface area contributed by atoms with Crippen LogP contribution in [0.25, 0.3) is 33.9 Å². The third-order valence-corrected chi connectivity index (χ3v) is 5.13. The summed E-state index contributed by atoms with van der Waals surface area (Å²) in [5.74, 6) is 0.683. The van der Waals surface area contributed by atoms with Crippen molar-refractivity contribution in [2.75, 3.05) is 0 Å². The summed E-state index contributed by atoms with van der Waals surface area (Å²) in [6.07, 6.45) is 0. The van der Waals surface area contributed by atoms with Gasteiger partial charge in [0.05, 0.1) is 10.7 Å². The highest BCUT2D eigenvalue weighted by atomic mass is 15.7. The molecular weight excluding hydrogens is 368 g/mol. The van der Waals surface area contributed by atoms with Crippen LogP contribution in [-0.2, 0) is 0 Å². The molecule has 0 amide bonds. The first-order valence-electron chi connectivity index (χ1n) is 9.96. The third-order valence-electron chi connectivity index (χ3n) is 5.13. The van der Waals surface area contributed by atoms with Gasteiger partial charge in [-0.15, -0.1) is 0 Å². The Kier molecular flexibility index (Phi) is 4.66. The number of hydrogen-bond donors (Lipinski definition) is 0. The normalized spacial score (nSPS) is 10.8. The van der Waals surface area contributed by atoms with Gasteiger partial charge in [-0.1, -0.05) is 60.7 Å². The fraction of sp³-hybridized carbons (Fsp3) is 0.0385. The standard InChI is InChI=1S/C26H21N4/c1-20-10-8-9-15-25(20)21-16-18-24(19-17-21)30-28-26(22-11-4-2-5-12-22)27-29(30)23-13-6-3-7-14-23/h2-19H,1H3/q+1. The monoisotopic (exact) mass is 389 g/mol. The second kappa shape index (κ2) is 7.76. The number of benzene rings is 4. The van der Waals surface area contributed by atoms with Gasteiger partial charge in [0.15, 0.2) is 5.69 Å². The molecule has 1 aromatic heterocycles. The molecule has 1 heterocycles. The Hall–Kier alpha value is -4.05. The zero-order valence-corrected chi connectivity index (χ0v) is 16.7. The molecule has 0 spiro atoms. The number of para-hydroxylation sites is 1. The molecule has 0 aliphatic heterocycles. The largest absolute Gasteiger partial charge is 0.340 e. The molecule has 30 heavy (non-hydrogen) atoms. The molecule has 0 unspecified atom stereocenters. The van der Waals surface area contributed by atoms with E-state index in [-0.39, 0.29) is 0 Å². The van der Waals surface area contributed by atoms with Crippen molar-refractivity contribution < 1.29 is 4.80 Å². The topological polar surface area (TPSA) is 34.6 Å². The van der Waals surface area contributed by atoms with Gasteiger partial charge >= 0.3 is 5.82 Å². The predicted molar refractivity (Wildman–Crippen MR) is 118 cm³/mol. The molecule has 0 bridgehead atoms. The maximum absolute atomic E-state index is 4.82. The first-order chi connectivity index (χ1) is 14.8. The number of aromatic nitrogens is 4. The number of rotatable bonds is 4. The predicted octanol–water partition coefficient (Wildman–Crippen LogP) is 5.19. The Morgan fingerprint density at radius 1 is 0.633 bits per heavy atom. The molecule has 5 aromatic rings. The lowest BCUT2D eigenvalue weighted by molar-refractivity contribution is -0.734. The highest BCUT2D eigenvalue weighted by molar-refractivity contribution is 5.67. The van der Waals surface area contributed by atoms with E-state index in [9.17, 15) is 0 Å². The molecule has 144 valence electrons. The first-order valence-corrected chi connectivity index (χ1v) is 9.96. The summed E-state index contributed by atoms with van der Waals surface area (Å²) in [6.45, 7) is 2.14. The molecule has 0 aliphatic rings. The van der Waals surface area contributed by atoms with E-state index < -0.39 is 0 Å². The van der Waals surface area contributed by atoms with Gasteiger partial charge in [0, 0.05) is 4.80 Å². The van der Waals surface area contributed by atoms with Crippen LogP contribution in [0.2, 0.25) is 0 Å². The Morgan fingerprint density at radius 3 is 1.97 bits per heavy atom. The molecule has 0 fully saturated rings. The molecule has 4 nitrogen and oxygen atoms in total. The van der Waals surface area contributed by atoms with Crippen molar-refractivity contribution in [1.82, 2.24) is 15.0 Å². The van der Waals surface area contributed by atoms with Crippen LogP contribution >= 0.6 is 0 Å². The summed E-state index contributed by atoms with van der Waals surface area (Å²) in [6, 6.07) is 37.0. The van der Waals surface area contributed by atoms with Crippen molar-refractivity contribution in [3.63, 3.8) is 0 Å². The fourth-order valence-electron chi connectivity index (χ4n) is 3.55. The highest BCUT2D eigenvalue weighted by Gasteiger charge is 2.23. The van der Waals surface area contributed by atoms with Gasteiger partial charge in [-0.2, -0.15) is 0 Å². The quantitative estimate of drug-likeness (QED) is 0.397. The molecule has 4 heteroatoms. The van der Waals surface area contributed by atoms with Crippen molar-refractivity contribution in [3.05, 3.63) is 115 Å². The number of nitrogens with zero attached hydrogens (tertiary/aromatic N) is 4. The van der Waals surface area contributed by atoms with E-state index in [0.717, 1.165) is 16.9 Å². The maximum Gasteiger partial charge on any atom is 0.340 e. The van der Waals surface area contributed by atoms with Crippen LogP contribution in [0.5, 0.6) is 0 Å². The average Bonchev–Trinajstić information content (AvgIpc) is 3.26. The third kappa shape index (κ3) is 3.40. The van der Waals surface area contributed by atoms with E-state index in [2.05, 4.69) is 55.5 Å². The van der Waals surface area contributed by atoms with E-state index in [1.807, 2.05) is 70.3 Å². The van der Waals surface area contributed by atoms with E-state index in [1.54, 1.807) is 0 Å². The summed E-state index contributed by atoms with van der Waals surface area (Å²) >= 11 is 0. The lowest BCUT2D eigenvalue weighted by Gasteiger charge is -2.06. The minimum absolute atomic E-state index is 0.683. The zero-order chi connectivity index (χ0) is 20.3. The lowest BCUT2D eigenvalue weighted by Crippen LogP contribution is -2.43. The first kappa shape index (κ1) is 18.0.